The normalized spacial score (nSPS) is 14.5. The molecule has 290 valence electrons. The topological polar surface area (TPSA) is 69.6 Å². The van der Waals surface area contributed by atoms with Crippen LogP contribution in [-0.2, 0) is 4.79 Å². The van der Waals surface area contributed by atoms with Crippen molar-refractivity contribution in [2.75, 3.05) is 6.61 Å². The third kappa shape index (κ3) is 37.8. The molecule has 0 fully saturated rings. The maximum atomic E-state index is 12.1. The SMILES string of the molecule is CC/C=C\C/C=C\C/C=C\C/C=C\C/C=C\C/C=C\C/C=C\C/C=C\C/C=C\C/C=C\CCCCCCCCC(=O)NC(CO)C(O)/C=C/CCC. The lowest BCUT2D eigenvalue weighted by molar-refractivity contribution is -0.123. The number of aliphatic hydroxyl groups excluding tert-OH is 2. The van der Waals surface area contributed by atoms with Crippen molar-refractivity contribution in [1.29, 1.82) is 0 Å². The Bertz CT molecular complexity index is 1130. The fourth-order valence-electron chi connectivity index (χ4n) is 5.03. The molecule has 0 heterocycles. The van der Waals surface area contributed by atoms with Crippen LogP contribution in [0.25, 0.3) is 0 Å². The number of amides is 1. The highest BCUT2D eigenvalue weighted by Gasteiger charge is 2.17. The summed E-state index contributed by atoms with van der Waals surface area (Å²) in [6, 6.07) is -0.635. The van der Waals surface area contributed by atoms with Crippen LogP contribution in [-0.4, -0.2) is 34.9 Å². The number of hydrogen-bond donors (Lipinski definition) is 3. The van der Waals surface area contributed by atoms with Gasteiger partial charge in [-0.25, -0.2) is 0 Å². The minimum atomic E-state index is -0.850. The van der Waals surface area contributed by atoms with E-state index in [0.29, 0.717) is 6.42 Å². The lowest BCUT2D eigenvalue weighted by Crippen LogP contribution is -2.45. The van der Waals surface area contributed by atoms with Crippen LogP contribution in [0.15, 0.2) is 134 Å². The molecule has 0 aromatic rings. The van der Waals surface area contributed by atoms with E-state index < -0.39 is 12.1 Å². The molecule has 0 aliphatic heterocycles. The first-order valence-corrected chi connectivity index (χ1v) is 20.4. The molecule has 0 aliphatic rings. The van der Waals surface area contributed by atoms with E-state index in [9.17, 15) is 15.0 Å². The molecule has 0 radical (unpaired) electrons. The molecule has 2 atom stereocenters. The van der Waals surface area contributed by atoms with E-state index in [4.69, 9.17) is 0 Å². The Morgan fingerprint density at radius 3 is 1.23 bits per heavy atom. The van der Waals surface area contributed by atoms with Crippen molar-refractivity contribution < 1.29 is 15.0 Å². The third-order valence-corrected chi connectivity index (χ3v) is 8.12. The summed E-state index contributed by atoms with van der Waals surface area (Å²) in [7, 11) is 0. The average molecular weight is 714 g/mol. The molecular formula is C48H75NO3. The largest absolute Gasteiger partial charge is 0.394 e. The van der Waals surface area contributed by atoms with E-state index in [1.165, 1.54) is 19.3 Å². The molecule has 3 N–H and O–H groups in total. The third-order valence-electron chi connectivity index (χ3n) is 8.12. The predicted octanol–water partition coefficient (Wildman–Crippen LogP) is 12.8. The summed E-state index contributed by atoms with van der Waals surface area (Å²) in [4.78, 5) is 12.1. The molecular weight excluding hydrogens is 639 g/mol. The van der Waals surface area contributed by atoms with Crippen molar-refractivity contribution in [3.63, 3.8) is 0 Å². The van der Waals surface area contributed by atoms with Crippen molar-refractivity contribution >= 4 is 5.91 Å². The Morgan fingerprint density at radius 2 is 0.846 bits per heavy atom. The van der Waals surface area contributed by atoms with Gasteiger partial charge in [0, 0.05) is 6.42 Å². The van der Waals surface area contributed by atoms with Gasteiger partial charge in [0.2, 0.25) is 5.91 Å². The Hall–Kier alpha value is -3.47. The van der Waals surface area contributed by atoms with E-state index in [1.54, 1.807) is 6.08 Å². The molecule has 4 heteroatoms. The molecule has 0 saturated carbocycles. The lowest BCUT2D eigenvalue weighted by Gasteiger charge is -2.19. The zero-order chi connectivity index (χ0) is 37.8. The summed E-state index contributed by atoms with van der Waals surface area (Å²) in [5.41, 5.74) is 0. The Labute approximate surface area is 320 Å². The van der Waals surface area contributed by atoms with Crippen LogP contribution in [0.3, 0.4) is 0 Å². The Morgan fingerprint density at radius 1 is 0.481 bits per heavy atom. The summed E-state index contributed by atoms with van der Waals surface area (Å²) in [5.74, 6) is -0.0993. The number of aliphatic hydroxyl groups is 2. The number of unbranched alkanes of at least 4 members (excludes halogenated alkanes) is 7. The predicted molar refractivity (Wildman–Crippen MR) is 229 cm³/mol. The van der Waals surface area contributed by atoms with Gasteiger partial charge in [0.25, 0.3) is 0 Å². The first kappa shape index (κ1) is 48.5. The molecule has 0 saturated heterocycles. The smallest absolute Gasteiger partial charge is 0.220 e. The van der Waals surface area contributed by atoms with Crippen LogP contribution >= 0.6 is 0 Å². The van der Waals surface area contributed by atoms with Gasteiger partial charge in [0.05, 0.1) is 18.8 Å². The van der Waals surface area contributed by atoms with Gasteiger partial charge in [-0.1, -0.05) is 180 Å². The van der Waals surface area contributed by atoms with Crippen LogP contribution in [0.4, 0.5) is 0 Å². The van der Waals surface area contributed by atoms with E-state index >= 15 is 0 Å². The molecule has 0 spiro atoms. The van der Waals surface area contributed by atoms with Gasteiger partial charge in [-0.05, 0) is 89.9 Å². The van der Waals surface area contributed by atoms with Crippen LogP contribution in [0, 0.1) is 0 Å². The minimum Gasteiger partial charge on any atom is -0.394 e. The summed E-state index contributed by atoms with van der Waals surface area (Å²) in [6.45, 7) is 3.96. The van der Waals surface area contributed by atoms with Crippen molar-refractivity contribution in [3.8, 4) is 0 Å². The second-order valence-corrected chi connectivity index (χ2v) is 13.0. The fourth-order valence-corrected chi connectivity index (χ4v) is 5.03. The van der Waals surface area contributed by atoms with Crippen molar-refractivity contribution in [3.05, 3.63) is 134 Å². The highest BCUT2D eigenvalue weighted by atomic mass is 16.3. The van der Waals surface area contributed by atoms with Crippen molar-refractivity contribution in [2.24, 2.45) is 0 Å². The van der Waals surface area contributed by atoms with Gasteiger partial charge < -0.3 is 15.5 Å². The monoisotopic (exact) mass is 714 g/mol. The highest BCUT2D eigenvalue weighted by Crippen LogP contribution is 2.10. The van der Waals surface area contributed by atoms with Crippen LogP contribution in [0.5, 0.6) is 0 Å². The summed E-state index contributed by atoms with van der Waals surface area (Å²) in [6.07, 6.45) is 67.6. The molecule has 0 bridgehead atoms. The molecule has 4 nitrogen and oxygen atoms in total. The quantitative estimate of drug-likeness (QED) is 0.0459. The zero-order valence-electron chi connectivity index (χ0n) is 33.0. The molecule has 0 aliphatic carbocycles. The zero-order valence-corrected chi connectivity index (χ0v) is 33.0. The first-order valence-electron chi connectivity index (χ1n) is 20.4. The molecule has 52 heavy (non-hydrogen) atoms. The number of carbonyl (C=O) groups excluding carboxylic acids is 1. The minimum absolute atomic E-state index is 0.0993. The second-order valence-electron chi connectivity index (χ2n) is 13.0. The number of hydrogen-bond acceptors (Lipinski definition) is 3. The van der Waals surface area contributed by atoms with E-state index in [1.807, 2.05) is 6.08 Å². The standard InChI is InChI=1S/C48H75NO3/c1-3-5-7-8-9-10-11-12-13-14-15-16-17-18-19-20-21-22-23-24-25-26-27-28-29-30-31-32-33-34-35-36-37-38-39-40-42-44-48(52)49-46(45-50)47(51)43-41-6-4-2/h5,7,9-10,12-13,15-16,18-19,21-22,24-25,27-28,30-31,33-34,41,43,46-47,50-51H,3-4,6,8,11,14,17,20,23,26,29,32,35-40,42,44-45H2,1-2H3,(H,49,52)/b7-5-,10-9-,13-12-,16-15-,19-18-,22-21-,25-24-,28-27-,31-30-,34-33-,43-41+. The number of rotatable bonds is 34. The molecule has 0 aromatic carbocycles. The maximum Gasteiger partial charge on any atom is 0.220 e. The van der Waals surface area contributed by atoms with Gasteiger partial charge in [-0.2, -0.15) is 0 Å². The van der Waals surface area contributed by atoms with Gasteiger partial charge in [0.1, 0.15) is 0 Å². The lowest BCUT2D eigenvalue weighted by atomic mass is 10.1. The molecule has 0 rings (SSSR count). The molecule has 0 aromatic heterocycles. The van der Waals surface area contributed by atoms with Gasteiger partial charge in [-0.15, -0.1) is 0 Å². The maximum absolute atomic E-state index is 12.1. The van der Waals surface area contributed by atoms with Crippen molar-refractivity contribution in [2.45, 2.75) is 154 Å². The number of nitrogens with one attached hydrogen (secondary N) is 1. The summed E-state index contributed by atoms with van der Waals surface area (Å²) >= 11 is 0. The van der Waals surface area contributed by atoms with Gasteiger partial charge in [0.15, 0.2) is 0 Å². The molecule has 1 amide bonds. The summed E-state index contributed by atoms with van der Waals surface area (Å²) < 4.78 is 0. The molecule has 2 unspecified atom stereocenters. The Balaban J connectivity index is 3.64. The summed E-state index contributed by atoms with van der Waals surface area (Å²) in [5, 5.41) is 22.3. The van der Waals surface area contributed by atoms with E-state index in [-0.39, 0.29) is 12.5 Å². The van der Waals surface area contributed by atoms with E-state index in [2.05, 4.69) is 141 Å². The van der Waals surface area contributed by atoms with Crippen LogP contribution in [0.2, 0.25) is 0 Å². The Kier molecular flexibility index (Phi) is 39.1. The van der Waals surface area contributed by atoms with Gasteiger partial charge >= 0.3 is 0 Å². The van der Waals surface area contributed by atoms with Crippen molar-refractivity contribution in [1.82, 2.24) is 5.32 Å². The van der Waals surface area contributed by atoms with Crippen LogP contribution < -0.4 is 5.32 Å². The fraction of sp³-hybridized carbons (Fsp3) is 0.521. The second kappa shape index (κ2) is 41.9. The first-order chi connectivity index (χ1) is 25.7. The van der Waals surface area contributed by atoms with Gasteiger partial charge in [-0.3, -0.25) is 4.79 Å². The van der Waals surface area contributed by atoms with E-state index in [0.717, 1.165) is 103 Å². The average Bonchev–Trinajstić information content (AvgIpc) is 3.15. The highest BCUT2D eigenvalue weighted by molar-refractivity contribution is 5.76. The van der Waals surface area contributed by atoms with Crippen LogP contribution in [0.1, 0.15) is 142 Å². The number of carbonyl (C=O) groups is 1. The number of allylic oxidation sites excluding steroid dienone is 21.